The number of aromatic carboxylic acids is 1. The van der Waals surface area contributed by atoms with Gasteiger partial charge in [0.25, 0.3) is 0 Å². The summed E-state index contributed by atoms with van der Waals surface area (Å²) in [5.74, 6) is -1.07. The molecule has 0 unspecified atom stereocenters. The van der Waals surface area contributed by atoms with Gasteiger partial charge in [0.2, 0.25) is 0 Å². The van der Waals surface area contributed by atoms with Gasteiger partial charge in [0.05, 0.1) is 18.0 Å². The average Bonchev–Trinajstić information content (AvgIpc) is 2.77. The predicted octanol–water partition coefficient (Wildman–Crippen LogP) is 2.68. The third kappa shape index (κ3) is 2.62. The highest BCUT2D eigenvalue weighted by Crippen LogP contribution is 2.23. The Labute approximate surface area is 115 Å². The van der Waals surface area contributed by atoms with Gasteiger partial charge in [-0.15, -0.1) is 0 Å². The molecule has 0 saturated carbocycles. The first-order valence-corrected chi connectivity index (χ1v) is 5.99. The minimum Gasteiger partial charge on any atom is -0.476 e. The number of hydrogen-bond donors (Lipinski definition) is 1. The van der Waals surface area contributed by atoms with E-state index < -0.39 is 5.97 Å². The molecule has 0 spiro atoms. The monoisotopic (exact) mass is 280 g/mol. The summed E-state index contributed by atoms with van der Waals surface area (Å²) < 4.78 is 6.62. The lowest BCUT2D eigenvalue weighted by molar-refractivity contribution is 0.0690. The molecule has 1 aromatic heterocycles. The van der Waals surface area contributed by atoms with E-state index in [-0.39, 0.29) is 12.3 Å². The van der Waals surface area contributed by atoms with Crippen LogP contribution in [-0.2, 0) is 11.3 Å². The van der Waals surface area contributed by atoms with E-state index >= 15 is 0 Å². The molecule has 0 amide bonds. The molecule has 0 fully saturated rings. The Morgan fingerprint density at radius 1 is 1.53 bits per heavy atom. The van der Waals surface area contributed by atoms with Gasteiger partial charge in [-0.2, -0.15) is 5.10 Å². The molecule has 0 aliphatic rings. The molecule has 0 radical (unpaired) electrons. The Balaban J connectivity index is 2.59. The van der Waals surface area contributed by atoms with Crippen molar-refractivity contribution < 1.29 is 14.6 Å². The van der Waals surface area contributed by atoms with Crippen LogP contribution >= 0.6 is 11.6 Å². The lowest BCUT2D eigenvalue weighted by Gasteiger charge is -2.10. The second kappa shape index (κ2) is 5.42. The molecule has 1 N–H and O–H groups in total. The fourth-order valence-corrected chi connectivity index (χ4v) is 1.98. The highest BCUT2D eigenvalue weighted by molar-refractivity contribution is 6.31. The number of halogens is 1. The third-order valence-corrected chi connectivity index (χ3v) is 3.17. The molecule has 1 heterocycles. The maximum atomic E-state index is 11.0. The number of rotatable bonds is 4. The standard InChI is InChI=1S/C13H13ClN2O3/c1-8-10(14)4-3-5-12(8)16-9(7-19-2)6-11(15-16)13(17)18/h3-6H,7H2,1-2H3,(H,17,18). The Hall–Kier alpha value is -1.85. The highest BCUT2D eigenvalue weighted by atomic mass is 35.5. The number of carbonyl (C=O) groups is 1. The summed E-state index contributed by atoms with van der Waals surface area (Å²) in [6.45, 7) is 2.13. The summed E-state index contributed by atoms with van der Waals surface area (Å²) in [5, 5.41) is 13.7. The van der Waals surface area contributed by atoms with Crippen molar-refractivity contribution >= 4 is 17.6 Å². The van der Waals surface area contributed by atoms with E-state index in [9.17, 15) is 4.79 Å². The number of benzene rings is 1. The largest absolute Gasteiger partial charge is 0.476 e. The van der Waals surface area contributed by atoms with Gasteiger partial charge < -0.3 is 9.84 Å². The first kappa shape index (κ1) is 13.6. The molecule has 5 nitrogen and oxygen atoms in total. The van der Waals surface area contributed by atoms with Crippen molar-refractivity contribution in [3.8, 4) is 5.69 Å². The highest BCUT2D eigenvalue weighted by Gasteiger charge is 2.16. The summed E-state index contributed by atoms with van der Waals surface area (Å²) in [4.78, 5) is 11.0. The zero-order valence-corrected chi connectivity index (χ0v) is 11.3. The van der Waals surface area contributed by atoms with Crippen molar-refractivity contribution in [2.24, 2.45) is 0 Å². The van der Waals surface area contributed by atoms with Gasteiger partial charge in [0.1, 0.15) is 0 Å². The molecule has 2 aromatic rings. The number of nitrogens with zero attached hydrogens (tertiary/aromatic N) is 2. The summed E-state index contributed by atoms with van der Waals surface area (Å²) in [5.41, 5.74) is 2.21. The van der Waals surface area contributed by atoms with Gasteiger partial charge in [-0.05, 0) is 30.7 Å². The van der Waals surface area contributed by atoms with E-state index in [1.54, 1.807) is 23.9 Å². The predicted molar refractivity (Wildman–Crippen MR) is 71.0 cm³/mol. The van der Waals surface area contributed by atoms with E-state index in [4.69, 9.17) is 21.4 Å². The van der Waals surface area contributed by atoms with Gasteiger partial charge in [-0.1, -0.05) is 17.7 Å². The Bertz CT molecular complexity index is 622. The molecule has 1 aromatic carbocycles. The smallest absolute Gasteiger partial charge is 0.356 e. The topological polar surface area (TPSA) is 64.3 Å². The SMILES string of the molecule is COCc1cc(C(=O)O)nn1-c1cccc(Cl)c1C. The van der Waals surface area contributed by atoms with Gasteiger partial charge >= 0.3 is 5.97 Å². The molecule has 0 saturated heterocycles. The second-order valence-electron chi connectivity index (χ2n) is 4.05. The van der Waals surface area contributed by atoms with Crippen LogP contribution in [0.2, 0.25) is 5.02 Å². The van der Waals surface area contributed by atoms with Crippen LogP contribution in [0.4, 0.5) is 0 Å². The lowest BCUT2D eigenvalue weighted by atomic mass is 10.2. The second-order valence-corrected chi connectivity index (χ2v) is 4.46. The number of ether oxygens (including phenoxy) is 1. The molecule has 2 rings (SSSR count). The normalized spacial score (nSPS) is 10.7. The number of carboxylic acids is 1. The number of methoxy groups -OCH3 is 1. The van der Waals surface area contributed by atoms with E-state index in [2.05, 4.69) is 5.10 Å². The first-order valence-electron chi connectivity index (χ1n) is 5.61. The fourth-order valence-electron chi connectivity index (χ4n) is 1.81. The van der Waals surface area contributed by atoms with E-state index in [1.807, 2.05) is 13.0 Å². The van der Waals surface area contributed by atoms with Crippen LogP contribution in [0.5, 0.6) is 0 Å². The van der Waals surface area contributed by atoms with E-state index in [1.165, 1.54) is 6.07 Å². The molecule has 0 aliphatic carbocycles. The number of carboxylic acid groups (broad SMARTS) is 1. The van der Waals surface area contributed by atoms with Crippen LogP contribution in [-0.4, -0.2) is 28.0 Å². The molecule has 6 heteroatoms. The van der Waals surface area contributed by atoms with E-state index in [0.29, 0.717) is 10.7 Å². The third-order valence-electron chi connectivity index (χ3n) is 2.76. The molecule has 0 aliphatic heterocycles. The van der Waals surface area contributed by atoms with Gasteiger partial charge in [-0.25, -0.2) is 9.48 Å². The minimum absolute atomic E-state index is 0.0218. The van der Waals surface area contributed by atoms with Crippen molar-refractivity contribution in [1.82, 2.24) is 9.78 Å². The van der Waals surface area contributed by atoms with Gasteiger partial charge in [0, 0.05) is 12.1 Å². The average molecular weight is 281 g/mol. The Morgan fingerprint density at radius 2 is 2.26 bits per heavy atom. The molecule has 19 heavy (non-hydrogen) atoms. The first-order chi connectivity index (χ1) is 9.04. The minimum atomic E-state index is -1.07. The van der Waals surface area contributed by atoms with Crippen molar-refractivity contribution in [3.63, 3.8) is 0 Å². The fraction of sp³-hybridized carbons (Fsp3) is 0.231. The zero-order chi connectivity index (χ0) is 14.0. The molecule has 0 bridgehead atoms. The summed E-state index contributed by atoms with van der Waals surface area (Å²) in [7, 11) is 1.54. The quantitative estimate of drug-likeness (QED) is 0.935. The maximum Gasteiger partial charge on any atom is 0.356 e. The van der Waals surface area contributed by atoms with Crippen LogP contribution in [0, 0.1) is 6.92 Å². The van der Waals surface area contributed by atoms with Crippen molar-refractivity contribution in [1.29, 1.82) is 0 Å². The molecule has 100 valence electrons. The van der Waals surface area contributed by atoms with Gasteiger partial charge in [0.15, 0.2) is 5.69 Å². The number of hydrogen-bond acceptors (Lipinski definition) is 3. The van der Waals surface area contributed by atoms with Crippen molar-refractivity contribution in [2.45, 2.75) is 13.5 Å². The molecular formula is C13H13ClN2O3. The van der Waals surface area contributed by atoms with Crippen LogP contribution in [0.3, 0.4) is 0 Å². The van der Waals surface area contributed by atoms with Crippen LogP contribution in [0.15, 0.2) is 24.3 Å². The maximum absolute atomic E-state index is 11.0. The van der Waals surface area contributed by atoms with Crippen molar-refractivity contribution in [2.75, 3.05) is 7.11 Å². The Kier molecular flexibility index (Phi) is 3.87. The van der Waals surface area contributed by atoms with Gasteiger partial charge in [-0.3, -0.25) is 0 Å². The van der Waals surface area contributed by atoms with Crippen LogP contribution in [0.25, 0.3) is 5.69 Å². The van der Waals surface area contributed by atoms with Crippen LogP contribution < -0.4 is 0 Å². The summed E-state index contributed by atoms with van der Waals surface area (Å²) in [6, 6.07) is 6.90. The van der Waals surface area contributed by atoms with Crippen LogP contribution in [0.1, 0.15) is 21.7 Å². The summed E-state index contributed by atoms with van der Waals surface area (Å²) >= 11 is 6.07. The zero-order valence-electron chi connectivity index (χ0n) is 10.6. The molecular weight excluding hydrogens is 268 g/mol. The number of aromatic nitrogens is 2. The summed E-state index contributed by atoms with van der Waals surface area (Å²) in [6.07, 6.45) is 0. The van der Waals surface area contributed by atoms with Crippen molar-refractivity contribution in [3.05, 3.63) is 46.2 Å². The Morgan fingerprint density at radius 3 is 2.89 bits per heavy atom. The lowest BCUT2D eigenvalue weighted by Crippen LogP contribution is -2.06. The van der Waals surface area contributed by atoms with E-state index in [0.717, 1.165) is 11.3 Å². The molecule has 0 atom stereocenters.